The molecule has 1 aliphatic heterocycles. The standard InChI is InChI=1S/C16H27N3O3.H3N/c1-5-22-15(20)13-12-14(16(2,3)4)17-19(13)7-6-18-8-10-21-11-9-18;/h12H,5-11H2,1-4H3;1H3. The van der Waals surface area contributed by atoms with Crippen LogP contribution in [-0.2, 0) is 21.4 Å². The Balaban J connectivity index is 0.00000264. The number of hydrogen-bond donors (Lipinski definition) is 1. The molecule has 0 atom stereocenters. The lowest BCUT2D eigenvalue weighted by molar-refractivity contribution is 0.0352. The summed E-state index contributed by atoms with van der Waals surface area (Å²) in [5.41, 5.74) is 1.36. The van der Waals surface area contributed by atoms with E-state index in [9.17, 15) is 4.79 Å². The van der Waals surface area contributed by atoms with Crippen LogP contribution in [0.25, 0.3) is 0 Å². The number of aromatic nitrogens is 2. The molecule has 1 saturated heterocycles. The van der Waals surface area contributed by atoms with Gasteiger partial charge in [0.2, 0.25) is 0 Å². The van der Waals surface area contributed by atoms with Gasteiger partial charge in [-0.2, -0.15) is 5.10 Å². The normalized spacial score (nSPS) is 16.0. The Kier molecular flexibility index (Phi) is 7.18. The molecular weight excluding hydrogens is 296 g/mol. The smallest absolute Gasteiger partial charge is 0.356 e. The van der Waals surface area contributed by atoms with Crippen molar-refractivity contribution >= 4 is 5.97 Å². The number of hydrogen-bond acceptors (Lipinski definition) is 6. The average Bonchev–Trinajstić information content (AvgIpc) is 2.91. The van der Waals surface area contributed by atoms with Crippen molar-refractivity contribution in [3.63, 3.8) is 0 Å². The van der Waals surface area contributed by atoms with Gasteiger partial charge in [-0.25, -0.2) is 4.79 Å². The SMILES string of the molecule is CCOC(=O)c1cc(C(C)(C)C)nn1CCN1CCOCC1.N. The zero-order valence-corrected chi connectivity index (χ0v) is 14.8. The van der Waals surface area contributed by atoms with Crippen LogP contribution in [-0.4, -0.2) is 60.1 Å². The van der Waals surface area contributed by atoms with Crippen LogP contribution in [0.4, 0.5) is 0 Å². The molecule has 2 heterocycles. The largest absolute Gasteiger partial charge is 0.461 e. The van der Waals surface area contributed by atoms with E-state index in [-0.39, 0.29) is 17.5 Å². The predicted molar refractivity (Wildman–Crippen MR) is 89.2 cm³/mol. The number of carbonyl (C=O) groups excluding carboxylic acids is 1. The van der Waals surface area contributed by atoms with E-state index in [0.717, 1.165) is 38.5 Å². The van der Waals surface area contributed by atoms with Gasteiger partial charge in [0.05, 0.1) is 32.1 Å². The topological polar surface area (TPSA) is 91.6 Å². The molecule has 1 aliphatic rings. The third kappa shape index (κ3) is 5.30. The fourth-order valence-electron chi connectivity index (χ4n) is 2.38. The van der Waals surface area contributed by atoms with Gasteiger partial charge < -0.3 is 15.6 Å². The van der Waals surface area contributed by atoms with Gasteiger partial charge in [-0.1, -0.05) is 20.8 Å². The van der Waals surface area contributed by atoms with Crippen LogP contribution in [0.15, 0.2) is 6.07 Å². The molecule has 1 fully saturated rings. The van der Waals surface area contributed by atoms with E-state index in [4.69, 9.17) is 9.47 Å². The molecule has 3 N–H and O–H groups in total. The van der Waals surface area contributed by atoms with Crippen molar-refractivity contribution in [3.05, 3.63) is 17.5 Å². The molecule has 0 radical (unpaired) electrons. The Morgan fingerprint density at radius 1 is 1.30 bits per heavy atom. The zero-order valence-electron chi connectivity index (χ0n) is 14.8. The lowest BCUT2D eigenvalue weighted by Gasteiger charge is -2.26. The number of carbonyl (C=O) groups is 1. The minimum Gasteiger partial charge on any atom is -0.461 e. The highest BCUT2D eigenvalue weighted by atomic mass is 16.5. The molecule has 132 valence electrons. The van der Waals surface area contributed by atoms with E-state index in [1.807, 2.05) is 13.0 Å². The van der Waals surface area contributed by atoms with E-state index in [2.05, 4.69) is 30.8 Å². The average molecular weight is 326 g/mol. The van der Waals surface area contributed by atoms with Gasteiger partial charge in [0.1, 0.15) is 5.69 Å². The third-order valence-corrected chi connectivity index (χ3v) is 3.76. The van der Waals surface area contributed by atoms with Crippen LogP contribution >= 0.6 is 0 Å². The zero-order chi connectivity index (χ0) is 16.2. The van der Waals surface area contributed by atoms with Crippen molar-refractivity contribution in [2.24, 2.45) is 0 Å². The second-order valence-electron chi connectivity index (χ2n) is 6.56. The van der Waals surface area contributed by atoms with Gasteiger partial charge >= 0.3 is 5.97 Å². The number of rotatable bonds is 5. The highest BCUT2D eigenvalue weighted by Crippen LogP contribution is 2.22. The van der Waals surface area contributed by atoms with Crippen LogP contribution in [0, 0.1) is 0 Å². The first-order valence-electron chi connectivity index (χ1n) is 7.97. The Morgan fingerprint density at radius 3 is 2.52 bits per heavy atom. The predicted octanol–water partition coefficient (Wildman–Crippen LogP) is 1.85. The van der Waals surface area contributed by atoms with Crippen molar-refractivity contribution in [1.82, 2.24) is 20.8 Å². The molecule has 1 aromatic heterocycles. The molecule has 23 heavy (non-hydrogen) atoms. The summed E-state index contributed by atoms with van der Waals surface area (Å²) in [6.45, 7) is 13.4. The molecule has 2 rings (SSSR count). The van der Waals surface area contributed by atoms with E-state index in [1.54, 1.807) is 4.68 Å². The maximum atomic E-state index is 12.1. The molecule has 0 aliphatic carbocycles. The molecule has 0 bridgehead atoms. The molecule has 0 spiro atoms. The van der Waals surface area contributed by atoms with Gasteiger partial charge in [0.25, 0.3) is 0 Å². The summed E-state index contributed by atoms with van der Waals surface area (Å²) in [6.07, 6.45) is 0. The summed E-state index contributed by atoms with van der Waals surface area (Å²) in [7, 11) is 0. The molecule has 7 heteroatoms. The molecule has 0 amide bonds. The summed E-state index contributed by atoms with van der Waals surface area (Å²) < 4.78 is 12.3. The van der Waals surface area contributed by atoms with Crippen LogP contribution in [0.3, 0.4) is 0 Å². The van der Waals surface area contributed by atoms with Crippen molar-refractivity contribution < 1.29 is 14.3 Å². The van der Waals surface area contributed by atoms with Gasteiger partial charge in [-0.05, 0) is 13.0 Å². The molecule has 7 nitrogen and oxygen atoms in total. The minimum atomic E-state index is -0.299. The van der Waals surface area contributed by atoms with Crippen LogP contribution in [0.1, 0.15) is 43.9 Å². The molecule has 1 aromatic rings. The Labute approximate surface area is 138 Å². The van der Waals surface area contributed by atoms with Gasteiger partial charge in [-0.15, -0.1) is 0 Å². The Morgan fingerprint density at radius 2 is 1.96 bits per heavy atom. The van der Waals surface area contributed by atoms with Crippen molar-refractivity contribution in [3.8, 4) is 0 Å². The van der Waals surface area contributed by atoms with E-state index in [1.165, 1.54) is 0 Å². The number of nitrogens with zero attached hydrogens (tertiary/aromatic N) is 3. The maximum Gasteiger partial charge on any atom is 0.356 e. The summed E-state index contributed by atoms with van der Waals surface area (Å²) in [5, 5.41) is 4.63. The molecule has 0 aromatic carbocycles. The molecular formula is C16H30N4O3. The second kappa shape index (κ2) is 8.42. The number of esters is 1. The van der Waals surface area contributed by atoms with E-state index < -0.39 is 0 Å². The van der Waals surface area contributed by atoms with Crippen LogP contribution in [0.5, 0.6) is 0 Å². The summed E-state index contributed by atoms with van der Waals surface area (Å²) in [6, 6.07) is 1.86. The van der Waals surface area contributed by atoms with Crippen LogP contribution in [0.2, 0.25) is 0 Å². The van der Waals surface area contributed by atoms with Crippen molar-refractivity contribution in [2.45, 2.75) is 39.7 Å². The lowest BCUT2D eigenvalue weighted by atomic mass is 9.92. The molecule has 0 saturated carbocycles. The summed E-state index contributed by atoms with van der Waals surface area (Å²) in [5.74, 6) is -0.299. The Hall–Kier alpha value is -1.44. The molecule has 0 unspecified atom stereocenters. The number of morpholine rings is 1. The van der Waals surface area contributed by atoms with Crippen molar-refractivity contribution in [2.75, 3.05) is 39.5 Å². The second-order valence-corrected chi connectivity index (χ2v) is 6.56. The Bertz CT molecular complexity index is 502. The van der Waals surface area contributed by atoms with E-state index in [0.29, 0.717) is 18.8 Å². The van der Waals surface area contributed by atoms with Gasteiger partial charge in [0.15, 0.2) is 0 Å². The van der Waals surface area contributed by atoms with Gasteiger partial charge in [0, 0.05) is 25.0 Å². The van der Waals surface area contributed by atoms with Gasteiger partial charge in [-0.3, -0.25) is 9.58 Å². The summed E-state index contributed by atoms with van der Waals surface area (Å²) >= 11 is 0. The maximum absolute atomic E-state index is 12.1. The first-order valence-corrected chi connectivity index (χ1v) is 7.97. The fraction of sp³-hybridized carbons (Fsp3) is 0.750. The fourth-order valence-corrected chi connectivity index (χ4v) is 2.38. The highest BCUT2D eigenvalue weighted by Gasteiger charge is 2.24. The minimum absolute atomic E-state index is 0. The first kappa shape index (κ1) is 19.6. The first-order chi connectivity index (χ1) is 10.4. The third-order valence-electron chi connectivity index (χ3n) is 3.76. The van der Waals surface area contributed by atoms with E-state index >= 15 is 0 Å². The highest BCUT2D eigenvalue weighted by molar-refractivity contribution is 5.87. The van der Waals surface area contributed by atoms with Crippen molar-refractivity contribution in [1.29, 1.82) is 0 Å². The monoisotopic (exact) mass is 326 g/mol. The summed E-state index contributed by atoms with van der Waals surface area (Å²) in [4.78, 5) is 14.5. The van der Waals surface area contributed by atoms with Crippen LogP contribution < -0.4 is 6.15 Å². The lowest BCUT2D eigenvalue weighted by Crippen LogP contribution is -2.38. The number of ether oxygens (including phenoxy) is 2. The quantitative estimate of drug-likeness (QED) is 0.830.